The third kappa shape index (κ3) is 4.58. The van der Waals surface area contributed by atoms with E-state index in [0.29, 0.717) is 17.7 Å². The highest BCUT2D eigenvalue weighted by Gasteiger charge is 2.20. The third-order valence-electron chi connectivity index (χ3n) is 4.03. The van der Waals surface area contributed by atoms with Gasteiger partial charge in [-0.2, -0.15) is 0 Å². The molecule has 1 heterocycles. The normalized spacial score (nSPS) is 12.0. The van der Waals surface area contributed by atoms with Crippen LogP contribution in [0.5, 0.6) is 0 Å². The van der Waals surface area contributed by atoms with Crippen LogP contribution < -0.4 is 0 Å². The van der Waals surface area contributed by atoms with E-state index in [0.717, 1.165) is 15.9 Å². The van der Waals surface area contributed by atoms with Crippen molar-refractivity contribution in [2.75, 3.05) is 20.3 Å². The molecule has 0 fully saturated rings. The molecule has 2 rings (SSSR count). The molecule has 1 unspecified atom stereocenters. The van der Waals surface area contributed by atoms with E-state index in [1.165, 1.54) is 0 Å². The van der Waals surface area contributed by atoms with Gasteiger partial charge in [-0.15, -0.1) is 0 Å². The second-order valence-electron chi connectivity index (χ2n) is 5.97. The van der Waals surface area contributed by atoms with E-state index < -0.39 is 5.97 Å². The van der Waals surface area contributed by atoms with E-state index >= 15 is 0 Å². The van der Waals surface area contributed by atoms with Crippen LogP contribution in [0.25, 0.3) is 0 Å². The Morgan fingerprint density at radius 3 is 2.60 bits per heavy atom. The quantitative estimate of drug-likeness (QED) is 0.511. The SMILES string of the molecule is COCC(C)n1c(C)cc(C(=O)COC(=O)c2cccc(Br)c2)c1C. The van der Waals surface area contributed by atoms with E-state index in [1.807, 2.05) is 32.9 Å². The molecule has 1 atom stereocenters. The lowest BCUT2D eigenvalue weighted by atomic mass is 10.1. The number of methoxy groups -OCH3 is 1. The van der Waals surface area contributed by atoms with Gasteiger partial charge < -0.3 is 14.0 Å². The molecule has 0 radical (unpaired) electrons. The van der Waals surface area contributed by atoms with Gasteiger partial charge in [0.1, 0.15) is 0 Å². The molecule has 0 aliphatic rings. The van der Waals surface area contributed by atoms with Gasteiger partial charge in [0.15, 0.2) is 6.61 Å². The molecule has 0 saturated heterocycles. The molecule has 0 saturated carbocycles. The molecule has 6 heteroatoms. The first kappa shape index (κ1) is 19.4. The Kier molecular flexibility index (Phi) is 6.56. The molecule has 2 aromatic rings. The number of ketones is 1. The molecule has 0 aliphatic carbocycles. The maximum absolute atomic E-state index is 12.5. The number of halogens is 1. The minimum atomic E-state index is -0.517. The van der Waals surface area contributed by atoms with Gasteiger partial charge in [0, 0.05) is 28.5 Å². The predicted octanol–water partition coefficient (Wildman–Crippen LogP) is 4.11. The smallest absolute Gasteiger partial charge is 0.338 e. The monoisotopic (exact) mass is 407 g/mol. The van der Waals surface area contributed by atoms with Gasteiger partial charge in [-0.3, -0.25) is 4.79 Å². The molecule has 0 amide bonds. The lowest BCUT2D eigenvalue weighted by molar-refractivity contribution is 0.0474. The zero-order chi connectivity index (χ0) is 18.6. The molecule has 0 spiro atoms. The van der Waals surface area contributed by atoms with Crippen LogP contribution in [0.3, 0.4) is 0 Å². The van der Waals surface area contributed by atoms with Crippen molar-refractivity contribution in [1.29, 1.82) is 0 Å². The van der Waals surface area contributed by atoms with Crippen LogP contribution in [-0.2, 0) is 9.47 Å². The van der Waals surface area contributed by atoms with Gasteiger partial charge >= 0.3 is 5.97 Å². The molecule has 1 aromatic heterocycles. The molecule has 0 aliphatic heterocycles. The molecule has 1 aromatic carbocycles. The van der Waals surface area contributed by atoms with Crippen molar-refractivity contribution < 1.29 is 19.1 Å². The Morgan fingerprint density at radius 2 is 1.96 bits per heavy atom. The van der Waals surface area contributed by atoms with Crippen LogP contribution in [0.1, 0.15) is 45.1 Å². The van der Waals surface area contributed by atoms with Crippen LogP contribution in [0.4, 0.5) is 0 Å². The summed E-state index contributed by atoms with van der Waals surface area (Å²) in [6.45, 7) is 6.15. The van der Waals surface area contributed by atoms with E-state index in [9.17, 15) is 9.59 Å². The van der Waals surface area contributed by atoms with Gasteiger partial charge in [0.25, 0.3) is 0 Å². The van der Waals surface area contributed by atoms with Crippen molar-refractivity contribution in [2.24, 2.45) is 0 Å². The number of carbonyl (C=O) groups excluding carboxylic acids is 2. The number of rotatable bonds is 7. The van der Waals surface area contributed by atoms with Crippen LogP contribution in [0.15, 0.2) is 34.8 Å². The molecular weight excluding hydrogens is 386 g/mol. The highest BCUT2D eigenvalue weighted by atomic mass is 79.9. The van der Waals surface area contributed by atoms with E-state index in [1.54, 1.807) is 25.3 Å². The molecule has 0 N–H and O–H groups in total. The maximum Gasteiger partial charge on any atom is 0.338 e. The van der Waals surface area contributed by atoms with Gasteiger partial charge in [-0.1, -0.05) is 22.0 Å². The fourth-order valence-corrected chi connectivity index (χ4v) is 3.36. The Bertz CT molecular complexity index is 782. The number of carbonyl (C=O) groups is 2. The summed E-state index contributed by atoms with van der Waals surface area (Å²) in [4.78, 5) is 24.5. The van der Waals surface area contributed by atoms with Gasteiger partial charge in [0.05, 0.1) is 18.2 Å². The van der Waals surface area contributed by atoms with Crippen LogP contribution in [0, 0.1) is 13.8 Å². The van der Waals surface area contributed by atoms with Gasteiger partial charge in [-0.05, 0) is 45.0 Å². The van der Waals surface area contributed by atoms with Crippen LogP contribution in [-0.4, -0.2) is 36.6 Å². The summed E-state index contributed by atoms with van der Waals surface area (Å²) in [7, 11) is 1.65. The Morgan fingerprint density at radius 1 is 1.24 bits per heavy atom. The van der Waals surface area contributed by atoms with E-state index in [4.69, 9.17) is 9.47 Å². The fourth-order valence-electron chi connectivity index (χ4n) is 2.96. The molecule has 5 nitrogen and oxygen atoms in total. The number of benzene rings is 1. The standard InChI is InChI=1S/C19H22BrNO4/c1-12-8-17(14(3)21(12)13(2)10-24-4)18(22)11-25-19(23)15-6-5-7-16(20)9-15/h5-9,13H,10-11H2,1-4H3. The van der Waals surface area contributed by atoms with Crippen molar-refractivity contribution in [1.82, 2.24) is 4.57 Å². The number of ether oxygens (including phenoxy) is 2. The summed E-state index contributed by atoms with van der Waals surface area (Å²) in [5, 5.41) is 0. The minimum absolute atomic E-state index is 0.121. The second-order valence-corrected chi connectivity index (χ2v) is 6.88. The number of Topliss-reactive ketones (excluding diaryl/α,β-unsaturated/α-hetero) is 1. The number of hydrogen-bond acceptors (Lipinski definition) is 4. The van der Waals surface area contributed by atoms with Crippen molar-refractivity contribution >= 4 is 27.7 Å². The molecular formula is C19H22BrNO4. The number of aryl methyl sites for hydroxylation is 1. The third-order valence-corrected chi connectivity index (χ3v) is 4.52. The van der Waals surface area contributed by atoms with E-state index in [-0.39, 0.29) is 18.4 Å². The lowest BCUT2D eigenvalue weighted by Crippen LogP contribution is -2.17. The number of esters is 1. The lowest BCUT2D eigenvalue weighted by Gasteiger charge is -2.17. The average Bonchev–Trinajstić information content (AvgIpc) is 2.87. The molecule has 25 heavy (non-hydrogen) atoms. The first-order chi connectivity index (χ1) is 11.8. The summed E-state index contributed by atoms with van der Waals surface area (Å²) in [5.74, 6) is -0.733. The minimum Gasteiger partial charge on any atom is -0.454 e. The van der Waals surface area contributed by atoms with Crippen molar-refractivity contribution in [3.05, 3.63) is 57.3 Å². The largest absolute Gasteiger partial charge is 0.454 e. The number of aromatic nitrogens is 1. The maximum atomic E-state index is 12.5. The first-order valence-electron chi connectivity index (χ1n) is 7.98. The highest BCUT2D eigenvalue weighted by Crippen LogP contribution is 2.21. The topological polar surface area (TPSA) is 57.5 Å². The van der Waals surface area contributed by atoms with Gasteiger partial charge in [-0.25, -0.2) is 4.79 Å². The first-order valence-corrected chi connectivity index (χ1v) is 8.77. The van der Waals surface area contributed by atoms with Crippen LogP contribution >= 0.6 is 15.9 Å². The number of hydrogen-bond donors (Lipinski definition) is 0. The molecule has 134 valence electrons. The van der Waals surface area contributed by atoms with Crippen LogP contribution in [0.2, 0.25) is 0 Å². The Labute approximate surface area is 156 Å². The second kappa shape index (κ2) is 8.45. The predicted molar refractivity (Wildman–Crippen MR) is 99.2 cm³/mol. The average molecular weight is 408 g/mol. The summed E-state index contributed by atoms with van der Waals surface area (Å²) in [5.41, 5.74) is 2.80. The highest BCUT2D eigenvalue weighted by molar-refractivity contribution is 9.10. The summed E-state index contributed by atoms with van der Waals surface area (Å²) in [6.07, 6.45) is 0. The summed E-state index contributed by atoms with van der Waals surface area (Å²) >= 11 is 3.31. The van der Waals surface area contributed by atoms with Crippen molar-refractivity contribution in [3.8, 4) is 0 Å². The Hall–Kier alpha value is -1.92. The Balaban J connectivity index is 2.09. The zero-order valence-electron chi connectivity index (χ0n) is 14.8. The number of nitrogens with zero attached hydrogens (tertiary/aromatic N) is 1. The zero-order valence-corrected chi connectivity index (χ0v) is 16.4. The summed E-state index contributed by atoms with van der Waals surface area (Å²) in [6, 6.07) is 8.82. The fraction of sp³-hybridized carbons (Fsp3) is 0.368. The van der Waals surface area contributed by atoms with Crippen molar-refractivity contribution in [3.63, 3.8) is 0 Å². The van der Waals surface area contributed by atoms with Crippen molar-refractivity contribution in [2.45, 2.75) is 26.8 Å². The van der Waals surface area contributed by atoms with Gasteiger partial charge in [0.2, 0.25) is 5.78 Å². The van der Waals surface area contributed by atoms with E-state index in [2.05, 4.69) is 20.5 Å². The summed E-state index contributed by atoms with van der Waals surface area (Å²) < 4.78 is 13.2. The molecule has 0 bridgehead atoms.